The van der Waals surface area contributed by atoms with Crippen LogP contribution >= 0.6 is 8.25 Å². The summed E-state index contributed by atoms with van der Waals surface area (Å²) in [5, 5.41) is 0. The Labute approximate surface area is 214 Å². The third-order valence-electron chi connectivity index (χ3n) is 6.47. The van der Waals surface area contributed by atoms with Gasteiger partial charge in [0.15, 0.2) is 0 Å². The number of unbranched alkanes of at least 4 members (excludes halogenated alkanes) is 22. The van der Waals surface area contributed by atoms with E-state index in [0.29, 0.717) is 0 Å². The summed E-state index contributed by atoms with van der Waals surface area (Å²) in [5.74, 6) is 0. The molecule has 202 valence electrons. The van der Waals surface area contributed by atoms with E-state index in [1.807, 2.05) is 12.2 Å². The Morgan fingerprint density at radius 1 is 0.441 bits per heavy atom. The molecule has 0 radical (unpaired) electrons. The third kappa shape index (κ3) is 29.3. The minimum absolute atomic E-state index is 0.987. The van der Waals surface area contributed by atoms with E-state index in [1.165, 1.54) is 141 Å². The monoisotopic (exact) mass is 498 g/mol. The summed E-state index contributed by atoms with van der Waals surface area (Å²) in [6.07, 6.45) is 38.8. The fraction of sp³-hybridized carbons (Fsp3) is 0.867. The van der Waals surface area contributed by atoms with E-state index in [-0.39, 0.29) is 0 Å². The fourth-order valence-corrected chi connectivity index (χ4v) is 4.69. The van der Waals surface area contributed by atoms with Crippen molar-refractivity contribution in [2.45, 2.75) is 168 Å². The molecule has 0 rings (SSSR count). The summed E-state index contributed by atoms with van der Waals surface area (Å²) in [4.78, 5) is 0. The average molecular weight is 499 g/mol. The first-order valence-electron chi connectivity index (χ1n) is 15.0. The predicted octanol–water partition coefficient (Wildman–Crippen LogP) is 11.8. The lowest BCUT2D eigenvalue weighted by Gasteiger charge is -2.02. The van der Waals surface area contributed by atoms with Crippen LogP contribution in [0.4, 0.5) is 0 Å². The normalized spacial score (nSPS) is 11.9. The number of rotatable bonds is 28. The highest BCUT2D eigenvalue weighted by Gasteiger charge is 1.95. The van der Waals surface area contributed by atoms with E-state index in [9.17, 15) is 4.57 Å². The first-order chi connectivity index (χ1) is 16.8. The van der Waals surface area contributed by atoms with Gasteiger partial charge >= 0.3 is 8.25 Å². The minimum Gasteiger partial charge on any atom is -0.426 e. The van der Waals surface area contributed by atoms with Crippen LogP contribution in [0, 0.1) is 0 Å². The number of hydrogen-bond donors (Lipinski definition) is 0. The van der Waals surface area contributed by atoms with Gasteiger partial charge < -0.3 is 9.05 Å². The average Bonchev–Trinajstić information content (AvgIpc) is 2.84. The van der Waals surface area contributed by atoms with Crippen LogP contribution < -0.4 is 0 Å². The van der Waals surface area contributed by atoms with Crippen molar-refractivity contribution in [1.82, 2.24) is 0 Å². The summed E-state index contributed by atoms with van der Waals surface area (Å²) in [7, 11) is -2.44. The highest BCUT2D eigenvalue weighted by Crippen LogP contribution is 2.24. The smallest absolute Gasteiger partial charge is 0.417 e. The van der Waals surface area contributed by atoms with Gasteiger partial charge in [-0.2, -0.15) is 0 Å². The van der Waals surface area contributed by atoms with Crippen LogP contribution in [0.5, 0.6) is 0 Å². The van der Waals surface area contributed by atoms with Crippen molar-refractivity contribution in [2.24, 2.45) is 0 Å². The molecule has 0 spiro atoms. The maximum atomic E-state index is 11.7. The molecule has 0 bridgehead atoms. The molecule has 0 aliphatic carbocycles. The quantitative estimate of drug-likeness (QED) is 0.0611. The van der Waals surface area contributed by atoms with E-state index < -0.39 is 8.25 Å². The lowest BCUT2D eigenvalue weighted by Crippen LogP contribution is -1.82. The van der Waals surface area contributed by atoms with Crippen LogP contribution in [0.25, 0.3) is 0 Å². The molecule has 0 aromatic carbocycles. The van der Waals surface area contributed by atoms with Gasteiger partial charge in [0.2, 0.25) is 0 Å². The molecule has 0 aromatic rings. The maximum Gasteiger partial charge on any atom is 0.417 e. The molecule has 4 heteroatoms. The molecular weight excluding hydrogens is 439 g/mol. The van der Waals surface area contributed by atoms with Crippen LogP contribution in [0.1, 0.15) is 168 Å². The van der Waals surface area contributed by atoms with Gasteiger partial charge in [0.25, 0.3) is 0 Å². The molecule has 0 saturated carbocycles. The molecule has 0 saturated heterocycles. The molecule has 0 unspecified atom stereocenters. The fourth-order valence-electron chi connectivity index (χ4n) is 4.22. The summed E-state index contributed by atoms with van der Waals surface area (Å²) in [6.45, 7) is 4.54. The first kappa shape index (κ1) is 33.3. The lowest BCUT2D eigenvalue weighted by molar-refractivity contribution is 0.354. The second kappa shape index (κ2) is 30.3. The summed E-state index contributed by atoms with van der Waals surface area (Å²) in [5.41, 5.74) is 0. The van der Waals surface area contributed by atoms with Crippen molar-refractivity contribution in [3.05, 3.63) is 24.7 Å². The Morgan fingerprint density at radius 3 is 1.00 bits per heavy atom. The van der Waals surface area contributed by atoms with E-state index in [2.05, 4.69) is 13.8 Å². The second-order valence-electron chi connectivity index (χ2n) is 9.88. The maximum absolute atomic E-state index is 11.7. The molecule has 0 aliphatic rings. The molecule has 0 atom stereocenters. The Balaban J connectivity index is 3.30. The Morgan fingerprint density at radius 2 is 0.706 bits per heavy atom. The van der Waals surface area contributed by atoms with Gasteiger partial charge in [0.05, 0.1) is 12.5 Å². The van der Waals surface area contributed by atoms with Crippen LogP contribution in [0.3, 0.4) is 0 Å². The SMILES string of the molecule is CCCCCCCCCCCCC/C=C/O[PH](=O)O/C=C/CCCCCCCCCCCCC. The largest absolute Gasteiger partial charge is 0.426 e. The summed E-state index contributed by atoms with van der Waals surface area (Å²) >= 11 is 0. The van der Waals surface area contributed by atoms with Crippen LogP contribution in [0.15, 0.2) is 24.7 Å². The van der Waals surface area contributed by atoms with Crippen molar-refractivity contribution in [3.8, 4) is 0 Å². The van der Waals surface area contributed by atoms with Gasteiger partial charge in [0, 0.05) is 0 Å². The zero-order valence-electron chi connectivity index (χ0n) is 23.0. The number of allylic oxidation sites excluding steroid dienone is 2. The van der Waals surface area contributed by atoms with Gasteiger partial charge in [-0.3, -0.25) is 0 Å². The molecule has 34 heavy (non-hydrogen) atoms. The van der Waals surface area contributed by atoms with Crippen molar-refractivity contribution in [1.29, 1.82) is 0 Å². The molecule has 0 N–H and O–H groups in total. The molecule has 0 heterocycles. The van der Waals surface area contributed by atoms with E-state index >= 15 is 0 Å². The second-order valence-corrected chi connectivity index (χ2v) is 10.8. The van der Waals surface area contributed by atoms with Crippen LogP contribution in [-0.4, -0.2) is 0 Å². The van der Waals surface area contributed by atoms with Crippen LogP contribution in [0.2, 0.25) is 0 Å². The predicted molar refractivity (Wildman–Crippen MR) is 152 cm³/mol. The zero-order chi connectivity index (χ0) is 24.8. The first-order valence-corrected chi connectivity index (χ1v) is 16.2. The lowest BCUT2D eigenvalue weighted by atomic mass is 10.1. The molecule has 3 nitrogen and oxygen atoms in total. The highest BCUT2D eigenvalue weighted by molar-refractivity contribution is 7.33. The Hall–Kier alpha value is -0.690. The van der Waals surface area contributed by atoms with E-state index in [1.54, 1.807) is 12.5 Å². The minimum atomic E-state index is -2.44. The Kier molecular flexibility index (Phi) is 29.7. The zero-order valence-corrected chi connectivity index (χ0v) is 24.0. The molecule has 0 fully saturated rings. The van der Waals surface area contributed by atoms with Gasteiger partial charge in [-0.25, -0.2) is 4.57 Å². The van der Waals surface area contributed by atoms with E-state index in [0.717, 1.165) is 12.8 Å². The third-order valence-corrected chi connectivity index (χ3v) is 7.13. The molecule has 0 aliphatic heterocycles. The van der Waals surface area contributed by atoms with Crippen molar-refractivity contribution < 1.29 is 13.6 Å². The van der Waals surface area contributed by atoms with Gasteiger partial charge in [0.1, 0.15) is 0 Å². The topological polar surface area (TPSA) is 35.5 Å². The standard InChI is InChI=1S/C30H59O3P/c1-3-5-7-9-11-13-15-17-19-21-23-25-27-29-32-34(31)33-30-28-26-24-22-20-18-16-14-12-10-8-6-4-2/h27-30,34H,3-26H2,1-2H3/b29-27+,30-28+. The van der Waals surface area contributed by atoms with Crippen LogP contribution in [-0.2, 0) is 13.6 Å². The van der Waals surface area contributed by atoms with Crippen molar-refractivity contribution >= 4 is 8.25 Å². The van der Waals surface area contributed by atoms with Gasteiger partial charge in [-0.05, 0) is 37.8 Å². The molecule has 0 aromatic heterocycles. The Bertz CT molecular complexity index is 422. The van der Waals surface area contributed by atoms with Gasteiger partial charge in [-0.15, -0.1) is 0 Å². The van der Waals surface area contributed by atoms with Crippen molar-refractivity contribution in [2.75, 3.05) is 0 Å². The van der Waals surface area contributed by atoms with Gasteiger partial charge in [-0.1, -0.05) is 142 Å². The summed E-state index contributed by atoms with van der Waals surface area (Å²) in [6, 6.07) is 0. The molecule has 0 amide bonds. The van der Waals surface area contributed by atoms with Crippen molar-refractivity contribution in [3.63, 3.8) is 0 Å². The highest BCUT2D eigenvalue weighted by atomic mass is 31.1. The molecular formula is C30H59O3P. The summed E-state index contributed by atoms with van der Waals surface area (Å²) < 4.78 is 22.0. The number of hydrogen-bond acceptors (Lipinski definition) is 3. The van der Waals surface area contributed by atoms with E-state index in [4.69, 9.17) is 9.05 Å².